The monoisotopic (exact) mass is 216 g/mol. The minimum absolute atomic E-state index is 0.0310. The molecule has 1 heterocycles. The van der Waals surface area contributed by atoms with Gasteiger partial charge < -0.3 is 10.2 Å². The van der Waals surface area contributed by atoms with E-state index in [4.69, 9.17) is 11.6 Å². The minimum atomic E-state index is -0.0310. The minimum Gasteiger partial charge on any atom is -0.352 e. The second kappa shape index (κ2) is 4.49. The van der Waals surface area contributed by atoms with E-state index in [0.717, 1.165) is 32.0 Å². The van der Waals surface area contributed by atoms with Crippen LogP contribution in [-0.4, -0.2) is 41.9 Å². The van der Waals surface area contributed by atoms with Gasteiger partial charge in [-0.3, -0.25) is 4.79 Å². The number of nitrogens with zero attached hydrogens (tertiary/aromatic N) is 1. The Labute approximate surface area is 89.8 Å². The average Bonchev–Trinajstić information content (AvgIpc) is 3.02. The highest BCUT2D eigenvalue weighted by Gasteiger charge is 2.31. The first-order valence-electron chi connectivity index (χ1n) is 5.39. The average molecular weight is 217 g/mol. The van der Waals surface area contributed by atoms with Crippen molar-refractivity contribution in [3.63, 3.8) is 0 Å². The predicted octanol–water partition coefficient (Wildman–Crippen LogP) is 0.968. The summed E-state index contributed by atoms with van der Waals surface area (Å²) >= 11 is 5.44. The fourth-order valence-electron chi connectivity index (χ4n) is 2.11. The van der Waals surface area contributed by atoms with Crippen molar-refractivity contribution in [1.29, 1.82) is 0 Å². The lowest BCUT2D eigenvalue weighted by Gasteiger charge is -2.32. The third-order valence-corrected chi connectivity index (χ3v) is 3.32. The molecule has 0 radical (unpaired) electrons. The predicted molar refractivity (Wildman–Crippen MR) is 56.5 cm³/mol. The van der Waals surface area contributed by atoms with Gasteiger partial charge in [-0.25, -0.2) is 0 Å². The zero-order chi connectivity index (χ0) is 9.97. The van der Waals surface area contributed by atoms with Gasteiger partial charge in [0.05, 0.1) is 0 Å². The van der Waals surface area contributed by atoms with E-state index in [1.807, 2.05) is 0 Å². The molecule has 1 amide bonds. The molecule has 2 aliphatic rings. The Kier molecular flexibility index (Phi) is 3.29. The van der Waals surface area contributed by atoms with Gasteiger partial charge in [0.2, 0.25) is 5.91 Å². The van der Waals surface area contributed by atoms with Crippen LogP contribution in [0.25, 0.3) is 0 Å². The first-order chi connectivity index (χ1) is 6.79. The van der Waals surface area contributed by atoms with Gasteiger partial charge in [0, 0.05) is 25.2 Å². The van der Waals surface area contributed by atoms with Gasteiger partial charge >= 0.3 is 0 Å². The van der Waals surface area contributed by atoms with Crippen molar-refractivity contribution in [2.24, 2.45) is 0 Å². The second-order valence-electron chi connectivity index (χ2n) is 4.24. The molecule has 2 fully saturated rings. The number of carbonyl (C=O) groups excluding carboxylic acids is 1. The van der Waals surface area contributed by atoms with Crippen molar-refractivity contribution >= 4 is 17.5 Å². The molecule has 0 aromatic heterocycles. The molecule has 0 unspecified atom stereocenters. The molecule has 1 aliphatic heterocycles. The zero-order valence-electron chi connectivity index (χ0n) is 8.34. The third-order valence-electron chi connectivity index (χ3n) is 3.08. The highest BCUT2D eigenvalue weighted by atomic mass is 35.5. The summed E-state index contributed by atoms with van der Waals surface area (Å²) in [5.41, 5.74) is 0. The van der Waals surface area contributed by atoms with Crippen LogP contribution in [0.2, 0.25) is 0 Å². The summed E-state index contributed by atoms with van der Waals surface area (Å²) in [7, 11) is 0. The number of likely N-dealkylation sites (tertiary alicyclic amines) is 1. The van der Waals surface area contributed by atoms with E-state index in [1.54, 1.807) is 0 Å². The Morgan fingerprint density at radius 3 is 2.43 bits per heavy atom. The quantitative estimate of drug-likeness (QED) is 0.714. The number of halogens is 1. The van der Waals surface area contributed by atoms with Crippen molar-refractivity contribution in [3.05, 3.63) is 0 Å². The highest BCUT2D eigenvalue weighted by molar-refractivity contribution is 6.27. The summed E-state index contributed by atoms with van der Waals surface area (Å²) in [4.78, 5) is 13.6. The molecule has 80 valence electrons. The fourth-order valence-corrected chi connectivity index (χ4v) is 2.19. The van der Waals surface area contributed by atoms with E-state index < -0.39 is 0 Å². The first kappa shape index (κ1) is 10.2. The lowest BCUT2D eigenvalue weighted by molar-refractivity contribution is -0.119. The van der Waals surface area contributed by atoms with E-state index in [-0.39, 0.29) is 11.8 Å². The molecule has 0 spiro atoms. The van der Waals surface area contributed by atoms with Gasteiger partial charge in [0.15, 0.2) is 0 Å². The standard InChI is InChI=1S/C10H17ClN2O/c11-7-10(14)12-8-3-5-13(6-4-8)9-1-2-9/h8-9H,1-7H2,(H,12,14). The summed E-state index contributed by atoms with van der Waals surface area (Å²) in [5, 5.41) is 2.95. The van der Waals surface area contributed by atoms with Crippen LogP contribution in [0.4, 0.5) is 0 Å². The molecule has 0 bridgehead atoms. The molecule has 2 rings (SSSR count). The topological polar surface area (TPSA) is 32.3 Å². The van der Waals surface area contributed by atoms with Gasteiger partial charge in [-0.15, -0.1) is 11.6 Å². The Balaban J connectivity index is 1.69. The number of hydrogen-bond acceptors (Lipinski definition) is 2. The Morgan fingerprint density at radius 2 is 1.93 bits per heavy atom. The molecule has 1 N–H and O–H groups in total. The smallest absolute Gasteiger partial charge is 0.235 e. The largest absolute Gasteiger partial charge is 0.352 e. The van der Waals surface area contributed by atoms with E-state index in [1.165, 1.54) is 12.8 Å². The van der Waals surface area contributed by atoms with Gasteiger partial charge in [0.1, 0.15) is 5.88 Å². The van der Waals surface area contributed by atoms with Crippen LogP contribution in [0.3, 0.4) is 0 Å². The maximum atomic E-state index is 11.1. The molecule has 0 atom stereocenters. The van der Waals surface area contributed by atoms with Gasteiger partial charge in [0.25, 0.3) is 0 Å². The van der Waals surface area contributed by atoms with Gasteiger partial charge in [-0.2, -0.15) is 0 Å². The molecule has 0 aromatic rings. The van der Waals surface area contributed by atoms with Crippen molar-refractivity contribution < 1.29 is 4.79 Å². The molecule has 1 aliphatic carbocycles. The van der Waals surface area contributed by atoms with Crippen LogP contribution in [0, 0.1) is 0 Å². The third kappa shape index (κ3) is 2.61. The van der Waals surface area contributed by atoms with Crippen molar-refractivity contribution in [2.45, 2.75) is 37.8 Å². The van der Waals surface area contributed by atoms with E-state index in [0.29, 0.717) is 6.04 Å². The molecular weight excluding hydrogens is 200 g/mol. The van der Waals surface area contributed by atoms with Gasteiger partial charge in [-0.1, -0.05) is 0 Å². The number of nitrogens with one attached hydrogen (secondary N) is 1. The number of amides is 1. The van der Waals surface area contributed by atoms with Crippen LogP contribution < -0.4 is 5.32 Å². The molecule has 1 saturated heterocycles. The van der Waals surface area contributed by atoms with Crippen LogP contribution in [0.15, 0.2) is 0 Å². The zero-order valence-corrected chi connectivity index (χ0v) is 9.09. The molecule has 4 heteroatoms. The number of hydrogen-bond donors (Lipinski definition) is 1. The summed E-state index contributed by atoms with van der Waals surface area (Å²) in [6.45, 7) is 2.27. The normalized spacial score (nSPS) is 24.9. The van der Waals surface area contributed by atoms with E-state index in [9.17, 15) is 4.79 Å². The molecule has 3 nitrogen and oxygen atoms in total. The summed E-state index contributed by atoms with van der Waals surface area (Å²) in [6.07, 6.45) is 4.91. The van der Waals surface area contributed by atoms with Crippen molar-refractivity contribution in [3.8, 4) is 0 Å². The van der Waals surface area contributed by atoms with Crippen molar-refractivity contribution in [1.82, 2.24) is 10.2 Å². The summed E-state index contributed by atoms with van der Waals surface area (Å²) in [6, 6.07) is 1.22. The number of alkyl halides is 1. The number of rotatable bonds is 3. The van der Waals surface area contributed by atoms with Gasteiger partial charge in [-0.05, 0) is 25.7 Å². The van der Waals surface area contributed by atoms with E-state index >= 15 is 0 Å². The highest BCUT2D eigenvalue weighted by Crippen LogP contribution is 2.29. The molecule has 14 heavy (non-hydrogen) atoms. The van der Waals surface area contributed by atoms with Crippen LogP contribution in [-0.2, 0) is 4.79 Å². The Hall–Kier alpha value is -0.280. The van der Waals surface area contributed by atoms with Crippen molar-refractivity contribution in [2.75, 3.05) is 19.0 Å². The van der Waals surface area contributed by atoms with Crippen LogP contribution in [0.5, 0.6) is 0 Å². The summed E-state index contributed by atoms with van der Waals surface area (Å²) in [5.74, 6) is 0.0552. The lowest BCUT2D eigenvalue weighted by atomic mass is 10.1. The molecule has 0 aromatic carbocycles. The summed E-state index contributed by atoms with van der Waals surface area (Å²) < 4.78 is 0. The SMILES string of the molecule is O=C(CCl)NC1CCN(C2CC2)CC1. The van der Waals surface area contributed by atoms with E-state index in [2.05, 4.69) is 10.2 Å². The fraction of sp³-hybridized carbons (Fsp3) is 0.900. The second-order valence-corrected chi connectivity index (χ2v) is 4.51. The first-order valence-corrected chi connectivity index (χ1v) is 5.92. The Morgan fingerprint density at radius 1 is 1.29 bits per heavy atom. The molecular formula is C10H17ClN2O. The number of piperidine rings is 1. The number of carbonyl (C=O) groups is 1. The van der Waals surface area contributed by atoms with Crippen LogP contribution >= 0.6 is 11.6 Å². The Bertz CT molecular complexity index is 210. The lowest BCUT2D eigenvalue weighted by Crippen LogP contribution is -2.45. The molecule has 1 saturated carbocycles. The van der Waals surface area contributed by atoms with Crippen LogP contribution in [0.1, 0.15) is 25.7 Å². The maximum absolute atomic E-state index is 11.1. The maximum Gasteiger partial charge on any atom is 0.235 e.